The fourth-order valence-electron chi connectivity index (χ4n) is 1.49. The van der Waals surface area contributed by atoms with Gasteiger partial charge in [-0.15, -0.1) is 0 Å². The van der Waals surface area contributed by atoms with Crippen molar-refractivity contribution in [1.82, 2.24) is 15.2 Å². The lowest BCUT2D eigenvalue weighted by Gasteiger charge is -2.01. The van der Waals surface area contributed by atoms with Gasteiger partial charge in [0.15, 0.2) is 0 Å². The van der Waals surface area contributed by atoms with Crippen molar-refractivity contribution >= 4 is 0 Å². The van der Waals surface area contributed by atoms with E-state index < -0.39 is 0 Å². The first-order valence-electron chi connectivity index (χ1n) is 5.13. The monoisotopic (exact) mass is 215 g/mol. The highest BCUT2D eigenvalue weighted by Crippen LogP contribution is 2.06. The van der Waals surface area contributed by atoms with Crippen LogP contribution in [-0.4, -0.2) is 15.2 Å². The number of aryl methyl sites for hydroxylation is 2. The number of nitrogens with zero attached hydrogens (tertiary/aromatic N) is 2. The topological polar surface area (TPSA) is 58.6 Å². The van der Waals surface area contributed by atoms with Gasteiger partial charge in [0, 0.05) is 6.42 Å². The van der Waals surface area contributed by atoms with Crippen molar-refractivity contribution in [1.29, 1.82) is 0 Å². The second-order valence-corrected chi connectivity index (χ2v) is 3.82. The number of hydrogen-bond acceptors (Lipinski definition) is 3. The SMILES string of the molecule is Cc1ccc(Cc2nc(C)n[nH]c2=O)cc1. The molecule has 0 unspecified atom stereocenters. The fourth-order valence-corrected chi connectivity index (χ4v) is 1.49. The van der Waals surface area contributed by atoms with E-state index in [0.717, 1.165) is 5.56 Å². The third kappa shape index (κ3) is 2.34. The molecule has 0 saturated heterocycles. The van der Waals surface area contributed by atoms with Crippen LogP contribution in [0, 0.1) is 13.8 Å². The van der Waals surface area contributed by atoms with E-state index in [9.17, 15) is 4.79 Å². The Kier molecular flexibility index (Phi) is 2.81. The molecule has 0 bridgehead atoms. The van der Waals surface area contributed by atoms with Gasteiger partial charge in [0.1, 0.15) is 11.5 Å². The van der Waals surface area contributed by atoms with Gasteiger partial charge in [-0.2, -0.15) is 5.10 Å². The van der Waals surface area contributed by atoms with Crippen molar-refractivity contribution < 1.29 is 0 Å². The molecule has 0 amide bonds. The zero-order chi connectivity index (χ0) is 11.5. The Labute approximate surface area is 93.4 Å². The Morgan fingerprint density at radius 3 is 2.56 bits per heavy atom. The molecule has 1 N–H and O–H groups in total. The quantitative estimate of drug-likeness (QED) is 0.823. The molecular weight excluding hydrogens is 202 g/mol. The van der Waals surface area contributed by atoms with E-state index in [4.69, 9.17) is 0 Å². The summed E-state index contributed by atoms with van der Waals surface area (Å²) in [5, 5.41) is 6.18. The number of hydrogen-bond donors (Lipinski definition) is 1. The Balaban J connectivity index is 2.30. The minimum absolute atomic E-state index is 0.217. The van der Waals surface area contributed by atoms with Crippen LogP contribution in [0.1, 0.15) is 22.6 Å². The van der Waals surface area contributed by atoms with Gasteiger partial charge in [-0.25, -0.2) is 10.1 Å². The summed E-state index contributed by atoms with van der Waals surface area (Å²) >= 11 is 0. The molecule has 82 valence electrons. The highest BCUT2D eigenvalue weighted by molar-refractivity contribution is 5.24. The molecule has 2 aromatic rings. The number of aromatic nitrogens is 3. The number of rotatable bonds is 2. The van der Waals surface area contributed by atoms with Crippen LogP contribution in [0.25, 0.3) is 0 Å². The predicted octanol–water partition coefficient (Wildman–Crippen LogP) is 1.37. The van der Waals surface area contributed by atoms with Crippen LogP contribution < -0.4 is 5.56 Å². The Morgan fingerprint density at radius 1 is 1.19 bits per heavy atom. The molecular formula is C12H13N3O. The first kappa shape index (κ1) is 10.5. The average Bonchev–Trinajstić information content (AvgIpc) is 2.27. The normalized spacial score (nSPS) is 10.4. The van der Waals surface area contributed by atoms with E-state index in [2.05, 4.69) is 15.2 Å². The molecule has 0 aliphatic rings. The molecule has 2 rings (SSSR count). The predicted molar refractivity (Wildman–Crippen MR) is 61.4 cm³/mol. The van der Waals surface area contributed by atoms with Crippen molar-refractivity contribution in [3.8, 4) is 0 Å². The molecule has 0 radical (unpaired) electrons. The van der Waals surface area contributed by atoms with Gasteiger partial charge in [-0.3, -0.25) is 4.79 Å². The highest BCUT2D eigenvalue weighted by Gasteiger charge is 2.03. The molecule has 1 aromatic heterocycles. The third-order valence-electron chi connectivity index (χ3n) is 2.37. The number of aromatic amines is 1. The second kappa shape index (κ2) is 4.26. The van der Waals surface area contributed by atoms with Gasteiger partial charge in [0.2, 0.25) is 0 Å². The number of H-pyrrole nitrogens is 1. The molecule has 0 atom stereocenters. The molecule has 0 aliphatic heterocycles. The maximum Gasteiger partial charge on any atom is 0.286 e. The van der Waals surface area contributed by atoms with Crippen molar-refractivity contribution in [2.75, 3.05) is 0 Å². The Bertz CT molecular complexity index is 543. The summed E-state index contributed by atoms with van der Waals surface area (Å²) in [5.41, 5.74) is 2.58. The lowest BCUT2D eigenvalue weighted by molar-refractivity contribution is 0.830. The summed E-state index contributed by atoms with van der Waals surface area (Å²) in [6.45, 7) is 3.79. The van der Waals surface area contributed by atoms with E-state index in [0.29, 0.717) is 17.9 Å². The van der Waals surface area contributed by atoms with Crippen LogP contribution in [0.5, 0.6) is 0 Å². The van der Waals surface area contributed by atoms with Crippen molar-refractivity contribution in [3.05, 3.63) is 57.3 Å². The van der Waals surface area contributed by atoms with Crippen molar-refractivity contribution in [3.63, 3.8) is 0 Å². The fraction of sp³-hybridized carbons (Fsp3) is 0.250. The van der Waals surface area contributed by atoms with E-state index in [1.165, 1.54) is 5.56 Å². The minimum atomic E-state index is -0.217. The van der Waals surface area contributed by atoms with Crippen LogP contribution >= 0.6 is 0 Å². The first-order valence-corrected chi connectivity index (χ1v) is 5.13. The molecule has 4 heteroatoms. The lowest BCUT2D eigenvalue weighted by atomic mass is 10.1. The molecule has 4 nitrogen and oxygen atoms in total. The number of benzene rings is 1. The summed E-state index contributed by atoms with van der Waals surface area (Å²) in [5.74, 6) is 0.585. The molecule has 16 heavy (non-hydrogen) atoms. The van der Waals surface area contributed by atoms with E-state index in [1.54, 1.807) is 6.92 Å². The van der Waals surface area contributed by atoms with Crippen molar-refractivity contribution in [2.24, 2.45) is 0 Å². The third-order valence-corrected chi connectivity index (χ3v) is 2.37. The molecule has 0 saturated carbocycles. The van der Waals surface area contributed by atoms with Crippen LogP contribution in [0.15, 0.2) is 29.1 Å². The van der Waals surface area contributed by atoms with Gasteiger partial charge >= 0.3 is 0 Å². The molecule has 0 aliphatic carbocycles. The summed E-state index contributed by atoms with van der Waals surface area (Å²) in [6.07, 6.45) is 0.541. The molecule has 0 spiro atoms. The highest BCUT2D eigenvalue weighted by atomic mass is 16.1. The summed E-state index contributed by atoms with van der Waals surface area (Å²) < 4.78 is 0. The smallest absolute Gasteiger partial charge is 0.266 e. The van der Waals surface area contributed by atoms with E-state index in [-0.39, 0.29) is 5.56 Å². The summed E-state index contributed by atoms with van der Waals surface area (Å²) in [6, 6.07) is 8.06. The van der Waals surface area contributed by atoms with E-state index in [1.807, 2.05) is 31.2 Å². The van der Waals surface area contributed by atoms with Gasteiger partial charge in [0.05, 0.1) is 0 Å². The van der Waals surface area contributed by atoms with Gasteiger partial charge in [0.25, 0.3) is 5.56 Å². The lowest BCUT2D eigenvalue weighted by Crippen LogP contribution is -2.18. The molecule has 1 aromatic carbocycles. The maximum atomic E-state index is 11.5. The minimum Gasteiger partial charge on any atom is -0.266 e. The molecule has 1 heterocycles. The zero-order valence-electron chi connectivity index (χ0n) is 9.32. The number of nitrogens with one attached hydrogen (secondary N) is 1. The van der Waals surface area contributed by atoms with Gasteiger partial charge < -0.3 is 0 Å². The first-order chi connectivity index (χ1) is 7.65. The molecule has 0 fully saturated rings. The summed E-state index contributed by atoms with van der Waals surface area (Å²) in [4.78, 5) is 15.6. The largest absolute Gasteiger partial charge is 0.286 e. The van der Waals surface area contributed by atoms with Gasteiger partial charge in [-0.1, -0.05) is 29.8 Å². The second-order valence-electron chi connectivity index (χ2n) is 3.82. The van der Waals surface area contributed by atoms with Crippen LogP contribution in [0.3, 0.4) is 0 Å². The van der Waals surface area contributed by atoms with Crippen molar-refractivity contribution in [2.45, 2.75) is 20.3 Å². The maximum absolute atomic E-state index is 11.5. The van der Waals surface area contributed by atoms with Crippen LogP contribution in [0.2, 0.25) is 0 Å². The van der Waals surface area contributed by atoms with Crippen LogP contribution in [-0.2, 0) is 6.42 Å². The summed E-state index contributed by atoms with van der Waals surface area (Å²) in [7, 11) is 0. The average molecular weight is 215 g/mol. The Morgan fingerprint density at radius 2 is 1.88 bits per heavy atom. The standard InChI is InChI=1S/C12H13N3O/c1-8-3-5-10(6-4-8)7-11-12(16)15-14-9(2)13-11/h3-6H,7H2,1-2H3,(H,15,16). The zero-order valence-corrected chi connectivity index (χ0v) is 9.32. The van der Waals surface area contributed by atoms with Crippen LogP contribution in [0.4, 0.5) is 0 Å². The van der Waals surface area contributed by atoms with Gasteiger partial charge in [-0.05, 0) is 19.4 Å². The Hall–Kier alpha value is -1.97. The van der Waals surface area contributed by atoms with E-state index >= 15 is 0 Å².